The maximum atomic E-state index is 5.49. The molecule has 0 amide bonds. The predicted octanol–water partition coefficient (Wildman–Crippen LogP) is 5.45. The summed E-state index contributed by atoms with van der Waals surface area (Å²) in [5.74, 6) is 1.54. The molecule has 0 spiro atoms. The average Bonchev–Trinajstić information content (AvgIpc) is 2.37. The van der Waals surface area contributed by atoms with Gasteiger partial charge in [-0.1, -0.05) is 58.9 Å². The van der Waals surface area contributed by atoms with Crippen molar-refractivity contribution >= 4 is 0 Å². The van der Waals surface area contributed by atoms with Crippen LogP contribution in [0.1, 0.15) is 64.5 Å². The SMILES string of the molecule is CC/C=C\CC(C)c1ccc(OC)c(C(C)(C)C)c1. The van der Waals surface area contributed by atoms with Gasteiger partial charge in [-0.2, -0.15) is 0 Å². The second-order valence-electron chi connectivity index (χ2n) is 6.23. The van der Waals surface area contributed by atoms with Crippen molar-refractivity contribution in [3.8, 4) is 5.75 Å². The number of ether oxygens (including phenoxy) is 1. The van der Waals surface area contributed by atoms with E-state index < -0.39 is 0 Å². The Morgan fingerprint density at radius 2 is 1.89 bits per heavy atom. The van der Waals surface area contributed by atoms with Gasteiger partial charge in [0.25, 0.3) is 0 Å². The summed E-state index contributed by atoms with van der Waals surface area (Å²) in [5, 5.41) is 0. The molecule has 1 rings (SSSR count). The molecule has 1 nitrogen and oxygen atoms in total. The van der Waals surface area contributed by atoms with Crippen LogP contribution in [-0.4, -0.2) is 7.11 Å². The van der Waals surface area contributed by atoms with Gasteiger partial charge in [0, 0.05) is 0 Å². The Balaban J connectivity index is 3.01. The van der Waals surface area contributed by atoms with E-state index in [0.29, 0.717) is 5.92 Å². The average molecular weight is 260 g/mol. The third-order valence-electron chi connectivity index (χ3n) is 3.49. The van der Waals surface area contributed by atoms with E-state index in [-0.39, 0.29) is 5.41 Å². The van der Waals surface area contributed by atoms with Gasteiger partial charge in [0.1, 0.15) is 5.75 Å². The maximum absolute atomic E-state index is 5.49. The summed E-state index contributed by atoms with van der Waals surface area (Å²) in [5.41, 5.74) is 2.80. The Kier molecular flexibility index (Phi) is 5.65. The number of benzene rings is 1. The van der Waals surface area contributed by atoms with Crippen LogP contribution in [0.2, 0.25) is 0 Å². The van der Waals surface area contributed by atoms with Crippen LogP contribution in [-0.2, 0) is 5.41 Å². The summed E-state index contributed by atoms with van der Waals surface area (Å²) < 4.78 is 5.49. The first-order valence-electron chi connectivity index (χ1n) is 7.23. The first kappa shape index (κ1) is 15.8. The fourth-order valence-electron chi connectivity index (χ4n) is 2.22. The van der Waals surface area contributed by atoms with Crippen molar-refractivity contribution in [2.75, 3.05) is 7.11 Å². The number of hydrogen-bond donors (Lipinski definition) is 0. The Labute approximate surface area is 118 Å². The number of allylic oxidation sites excluding steroid dienone is 2. The molecule has 0 bridgehead atoms. The molecule has 1 heteroatoms. The summed E-state index contributed by atoms with van der Waals surface area (Å²) >= 11 is 0. The predicted molar refractivity (Wildman–Crippen MR) is 84.2 cm³/mol. The van der Waals surface area contributed by atoms with Crippen LogP contribution in [0.5, 0.6) is 5.75 Å². The van der Waals surface area contributed by atoms with Crippen LogP contribution in [0.15, 0.2) is 30.4 Å². The summed E-state index contributed by atoms with van der Waals surface area (Å²) in [6, 6.07) is 6.61. The van der Waals surface area contributed by atoms with Crippen LogP contribution in [0.25, 0.3) is 0 Å². The van der Waals surface area contributed by atoms with E-state index in [1.54, 1.807) is 7.11 Å². The quantitative estimate of drug-likeness (QED) is 0.639. The van der Waals surface area contributed by atoms with Crippen molar-refractivity contribution < 1.29 is 4.74 Å². The van der Waals surface area contributed by atoms with Crippen molar-refractivity contribution in [1.29, 1.82) is 0 Å². The topological polar surface area (TPSA) is 9.23 Å². The molecule has 0 saturated carbocycles. The third kappa shape index (κ3) is 4.41. The van der Waals surface area contributed by atoms with E-state index in [1.807, 2.05) is 0 Å². The smallest absolute Gasteiger partial charge is 0.122 e. The molecule has 1 aromatic rings. The van der Waals surface area contributed by atoms with Crippen molar-refractivity contribution in [1.82, 2.24) is 0 Å². The van der Waals surface area contributed by atoms with Gasteiger partial charge in [0.2, 0.25) is 0 Å². The lowest BCUT2D eigenvalue weighted by Crippen LogP contribution is -2.13. The molecular weight excluding hydrogens is 232 g/mol. The van der Waals surface area contributed by atoms with Crippen molar-refractivity contribution in [2.45, 2.75) is 58.8 Å². The summed E-state index contributed by atoms with van der Waals surface area (Å²) in [4.78, 5) is 0. The molecule has 0 heterocycles. The highest BCUT2D eigenvalue weighted by Gasteiger charge is 2.20. The van der Waals surface area contributed by atoms with E-state index in [4.69, 9.17) is 4.74 Å². The molecule has 0 saturated heterocycles. The second-order valence-corrected chi connectivity index (χ2v) is 6.23. The molecule has 1 unspecified atom stereocenters. The molecule has 0 aliphatic rings. The Hall–Kier alpha value is -1.24. The fourth-order valence-corrected chi connectivity index (χ4v) is 2.22. The largest absolute Gasteiger partial charge is 0.496 e. The lowest BCUT2D eigenvalue weighted by molar-refractivity contribution is 0.397. The van der Waals surface area contributed by atoms with E-state index in [2.05, 4.69) is 65.0 Å². The maximum Gasteiger partial charge on any atom is 0.122 e. The molecule has 1 aromatic carbocycles. The highest BCUT2D eigenvalue weighted by Crippen LogP contribution is 2.34. The highest BCUT2D eigenvalue weighted by atomic mass is 16.5. The Bertz CT molecular complexity index is 424. The van der Waals surface area contributed by atoms with Gasteiger partial charge < -0.3 is 4.74 Å². The fraction of sp³-hybridized carbons (Fsp3) is 0.556. The first-order chi connectivity index (χ1) is 8.90. The minimum atomic E-state index is 0.111. The second kappa shape index (κ2) is 6.79. The van der Waals surface area contributed by atoms with Crippen LogP contribution >= 0.6 is 0 Å². The van der Waals surface area contributed by atoms with Crippen LogP contribution in [0.3, 0.4) is 0 Å². The minimum absolute atomic E-state index is 0.111. The van der Waals surface area contributed by atoms with Gasteiger partial charge in [-0.25, -0.2) is 0 Å². The van der Waals surface area contributed by atoms with Crippen LogP contribution in [0.4, 0.5) is 0 Å². The molecule has 19 heavy (non-hydrogen) atoms. The van der Waals surface area contributed by atoms with Crippen LogP contribution < -0.4 is 4.74 Å². The van der Waals surface area contributed by atoms with Gasteiger partial charge in [0.05, 0.1) is 7.11 Å². The summed E-state index contributed by atoms with van der Waals surface area (Å²) in [6.07, 6.45) is 6.74. The standard InChI is InChI=1S/C18H28O/c1-7-8-9-10-14(2)15-11-12-17(19-6)16(13-15)18(3,4)5/h8-9,11-14H,7,10H2,1-6H3/b9-8-. The monoisotopic (exact) mass is 260 g/mol. The van der Waals surface area contributed by atoms with E-state index in [0.717, 1.165) is 18.6 Å². The van der Waals surface area contributed by atoms with Crippen LogP contribution in [0, 0.1) is 0 Å². The lowest BCUT2D eigenvalue weighted by Gasteiger charge is -2.24. The molecule has 0 radical (unpaired) electrons. The minimum Gasteiger partial charge on any atom is -0.496 e. The summed E-state index contributed by atoms with van der Waals surface area (Å²) in [7, 11) is 1.75. The van der Waals surface area contributed by atoms with Gasteiger partial charge in [-0.05, 0) is 41.4 Å². The van der Waals surface area contributed by atoms with Crippen molar-refractivity contribution in [3.05, 3.63) is 41.5 Å². The molecule has 0 aliphatic carbocycles. The zero-order chi connectivity index (χ0) is 14.5. The normalized spacial score (nSPS) is 13.8. The summed E-state index contributed by atoms with van der Waals surface area (Å²) in [6.45, 7) is 11.2. The Morgan fingerprint density at radius 3 is 2.42 bits per heavy atom. The zero-order valence-electron chi connectivity index (χ0n) is 13.3. The van der Waals surface area contributed by atoms with Gasteiger partial charge in [0.15, 0.2) is 0 Å². The van der Waals surface area contributed by atoms with Crippen molar-refractivity contribution in [3.63, 3.8) is 0 Å². The van der Waals surface area contributed by atoms with E-state index >= 15 is 0 Å². The molecule has 0 aromatic heterocycles. The third-order valence-corrected chi connectivity index (χ3v) is 3.49. The molecular formula is C18H28O. The van der Waals surface area contributed by atoms with Gasteiger partial charge in [-0.3, -0.25) is 0 Å². The van der Waals surface area contributed by atoms with E-state index in [9.17, 15) is 0 Å². The number of hydrogen-bond acceptors (Lipinski definition) is 1. The van der Waals surface area contributed by atoms with E-state index in [1.165, 1.54) is 11.1 Å². The van der Waals surface area contributed by atoms with Gasteiger partial charge >= 0.3 is 0 Å². The molecule has 0 aliphatic heterocycles. The number of methoxy groups -OCH3 is 1. The molecule has 106 valence electrons. The lowest BCUT2D eigenvalue weighted by atomic mass is 9.83. The molecule has 1 atom stereocenters. The number of rotatable bonds is 5. The first-order valence-corrected chi connectivity index (χ1v) is 7.23. The van der Waals surface area contributed by atoms with Gasteiger partial charge in [-0.15, -0.1) is 0 Å². The zero-order valence-corrected chi connectivity index (χ0v) is 13.3. The molecule has 0 N–H and O–H groups in total. The highest BCUT2D eigenvalue weighted by molar-refractivity contribution is 5.42. The van der Waals surface area contributed by atoms with Crippen molar-refractivity contribution in [2.24, 2.45) is 0 Å². The Morgan fingerprint density at radius 1 is 1.21 bits per heavy atom. The molecule has 0 fully saturated rings.